The van der Waals surface area contributed by atoms with Crippen LogP contribution in [-0.2, 0) is 4.74 Å². The van der Waals surface area contributed by atoms with Crippen LogP contribution >= 0.6 is 11.3 Å². The van der Waals surface area contributed by atoms with Crippen LogP contribution in [0.1, 0.15) is 13.2 Å². The minimum absolute atomic E-state index is 0.373. The molecule has 3 aromatic rings. The van der Waals surface area contributed by atoms with E-state index in [-0.39, 0.29) is 6.61 Å². The van der Waals surface area contributed by atoms with Crippen molar-refractivity contribution in [3.05, 3.63) is 35.4 Å². The summed E-state index contributed by atoms with van der Waals surface area (Å²) in [5, 5.41) is 35.0. The highest BCUT2D eigenvalue weighted by Crippen LogP contribution is 2.40. The van der Waals surface area contributed by atoms with Crippen molar-refractivity contribution in [2.45, 2.75) is 31.0 Å². The number of rotatable bonds is 3. The maximum absolute atomic E-state index is 10.7. The number of thiophene rings is 1. The predicted octanol–water partition coefficient (Wildman–Crippen LogP) is 1.16. The summed E-state index contributed by atoms with van der Waals surface area (Å²) in [6, 6.07) is 3.85. The van der Waals surface area contributed by atoms with Gasteiger partial charge in [-0.25, -0.2) is 9.97 Å². The molecule has 1 unspecified atom stereocenters. The monoisotopic (exact) mass is 347 g/mol. The molecule has 7 nitrogen and oxygen atoms in total. The number of aromatic nitrogens is 3. The minimum Gasteiger partial charge on any atom is -0.394 e. The molecule has 4 heterocycles. The van der Waals surface area contributed by atoms with Gasteiger partial charge in [0.25, 0.3) is 0 Å². The lowest BCUT2D eigenvalue weighted by Crippen LogP contribution is -2.44. The van der Waals surface area contributed by atoms with Crippen LogP contribution < -0.4 is 0 Å². The van der Waals surface area contributed by atoms with Gasteiger partial charge in [-0.3, -0.25) is 0 Å². The molecule has 4 rings (SSSR count). The molecule has 1 aliphatic heterocycles. The summed E-state index contributed by atoms with van der Waals surface area (Å²) < 4.78 is 7.35. The van der Waals surface area contributed by atoms with Gasteiger partial charge >= 0.3 is 0 Å². The van der Waals surface area contributed by atoms with Crippen molar-refractivity contribution >= 4 is 22.4 Å². The second-order valence-corrected chi connectivity index (χ2v) is 6.85. The Hall–Kier alpha value is -1.84. The molecule has 1 fully saturated rings. The van der Waals surface area contributed by atoms with Gasteiger partial charge in [-0.15, -0.1) is 0 Å². The van der Waals surface area contributed by atoms with E-state index in [1.165, 1.54) is 13.3 Å². The molecule has 0 radical (unpaired) electrons. The topological polar surface area (TPSA) is 101 Å². The third-order valence-corrected chi connectivity index (χ3v) is 5.17. The molecular weight excluding hydrogens is 330 g/mol. The van der Waals surface area contributed by atoms with Crippen LogP contribution in [-0.4, -0.2) is 54.3 Å². The Morgan fingerprint density at radius 2 is 2.21 bits per heavy atom. The van der Waals surface area contributed by atoms with Crippen LogP contribution in [0.3, 0.4) is 0 Å². The van der Waals surface area contributed by atoms with Gasteiger partial charge < -0.3 is 24.6 Å². The molecule has 3 N–H and O–H groups in total. The largest absolute Gasteiger partial charge is 0.394 e. The molecule has 0 amide bonds. The van der Waals surface area contributed by atoms with E-state index in [2.05, 4.69) is 9.97 Å². The Kier molecular flexibility index (Phi) is 3.66. The fraction of sp³-hybridized carbons (Fsp3) is 0.375. The van der Waals surface area contributed by atoms with Gasteiger partial charge in [0, 0.05) is 22.5 Å². The Labute approximate surface area is 141 Å². The molecule has 0 aliphatic carbocycles. The van der Waals surface area contributed by atoms with Crippen molar-refractivity contribution in [3.63, 3.8) is 0 Å². The van der Waals surface area contributed by atoms with Crippen molar-refractivity contribution < 1.29 is 20.1 Å². The molecule has 1 saturated heterocycles. The fourth-order valence-electron chi connectivity index (χ4n) is 3.18. The minimum atomic E-state index is -1.55. The Morgan fingerprint density at radius 3 is 2.88 bits per heavy atom. The zero-order valence-corrected chi connectivity index (χ0v) is 13.7. The second kappa shape index (κ2) is 5.61. The average molecular weight is 347 g/mol. The highest BCUT2D eigenvalue weighted by molar-refractivity contribution is 7.08. The van der Waals surface area contributed by atoms with Crippen LogP contribution in [0.4, 0.5) is 0 Å². The first-order valence-electron chi connectivity index (χ1n) is 7.55. The SMILES string of the molecule is C[C@]1(O)C(n2ccc3c(-c4ccsc4)ncnc32)O[C@H](CO)[C@H]1O. The third-order valence-electron chi connectivity index (χ3n) is 4.49. The maximum atomic E-state index is 10.7. The van der Waals surface area contributed by atoms with Crippen LogP contribution in [0, 0.1) is 0 Å². The number of nitrogens with zero attached hydrogens (tertiary/aromatic N) is 3. The van der Waals surface area contributed by atoms with E-state index in [9.17, 15) is 15.3 Å². The van der Waals surface area contributed by atoms with Gasteiger partial charge in [0.1, 0.15) is 29.8 Å². The molecule has 0 bridgehead atoms. The van der Waals surface area contributed by atoms with E-state index >= 15 is 0 Å². The number of hydrogen-bond acceptors (Lipinski definition) is 7. The van der Waals surface area contributed by atoms with Crippen molar-refractivity contribution in [1.29, 1.82) is 0 Å². The van der Waals surface area contributed by atoms with E-state index in [1.54, 1.807) is 22.1 Å². The molecule has 126 valence electrons. The van der Waals surface area contributed by atoms with Crippen LogP contribution in [0.25, 0.3) is 22.3 Å². The molecule has 1 aliphatic rings. The zero-order valence-electron chi connectivity index (χ0n) is 12.9. The molecule has 8 heteroatoms. The first kappa shape index (κ1) is 15.7. The van der Waals surface area contributed by atoms with E-state index in [0.29, 0.717) is 5.65 Å². The summed E-state index contributed by atoms with van der Waals surface area (Å²) in [7, 11) is 0. The van der Waals surface area contributed by atoms with Gasteiger partial charge in [0.05, 0.1) is 12.3 Å². The number of ether oxygens (including phenoxy) is 1. The normalized spacial score (nSPS) is 30.2. The summed E-state index contributed by atoms with van der Waals surface area (Å²) >= 11 is 1.59. The van der Waals surface area contributed by atoms with Gasteiger partial charge in [0.2, 0.25) is 0 Å². The van der Waals surface area contributed by atoms with Gasteiger partial charge in [-0.05, 0) is 24.4 Å². The Balaban J connectivity index is 1.83. The fourth-order valence-corrected chi connectivity index (χ4v) is 3.82. The smallest absolute Gasteiger partial charge is 0.167 e. The highest BCUT2D eigenvalue weighted by Gasteiger charge is 2.53. The van der Waals surface area contributed by atoms with Gasteiger partial charge in [-0.2, -0.15) is 11.3 Å². The number of aliphatic hydroxyl groups is 3. The Morgan fingerprint density at radius 1 is 1.38 bits per heavy atom. The lowest BCUT2D eigenvalue weighted by molar-refractivity contribution is -0.0948. The lowest BCUT2D eigenvalue weighted by Gasteiger charge is -2.27. The van der Waals surface area contributed by atoms with Crippen molar-refractivity contribution in [2.75, 3.05) is 6.61 Å². The van der Waals surface area contributed by atoms with Crippen LogP contribution in [0.15, 0.2) is 35.4 Å². The van der Waals surface area contributed by atoms with Gasteiger partial charge in [-0.1, -0.05) is 0 Å². The molecule has 4 atom stereocenters. The van der Waals surface area contributed by atoms with Crippen molar-refractivity contribution in [1.82, 2.24) is 14.5 Å². The summed E-state index contributed by atoms with van der Waals surface area (Å²) in [6.07, 6.45) is 0.326. The van der Waals surface area contributed by atoms with E-state index in [1.807, 2.05) is 22.9 Å². The third kappa shape index (κ3) is 2.19. The van der Waals surface area contributed by atoms with Crippen molar-refractivity contribution in [2.24, 2.45) is 0 Å². The summed E-state index contributed by atoms with van der Waals surface area (Å²) in [5.41, 5.74) is 0.851. The summed E-state index contributed by atoms with van der Waals surface area (Å²) in [4.78, 5) is 8.68. The molecule has 3 aromatic heterocycles. The molecule has 24 heavy (non-hydrogen) atoms. The first-order valence-corrected chi connectivity index (χ1v) is 8.49. The zero-order chi connectivity index (χ0) is 16.9. The number of fused-ring (bicyclic) bond motifs is 1. The second-order valence-electron chi connectivity index (χ2n) is 6.07. The highest BCUT2D eigenvalue weighted by atomic mass is 32.1. The van der Waals surface area contributed by atoms with Crippen molar-refractivity contribution in [3.8, 4) is 11.3 Å². The van der Waals surface area contributed by atoms with E-state index < -0.39 is 24.0 Å². The Bertz CT molecular complexity index is 861. The predicted molar refractivity (Wildman–Crippen MR) is 88.5 cm³/mol. The van der Waals surface area contributed by atoms with E-state index in [4.69, 9.17) is 4.74 Å². The standard InChI is InChI=1S/C16H17N3O4S/c1-16(22)13(21)11(6-20)23-15(16)19-4-2-10-12(9-3-5-24-7-9)17-8-18-14(10)19/h2-5,7-8,11,13,15,20-22H,6H2,1H3/t11-,13-,15?,16-/m1/s1. The molecule has 0 aromatic carbocycles. The molecule has 0 spiro atoms. The van der Waals surface area contributed by atoms with Crippen LogP contribution in [0.2, 0.25) is 0 Å². The molecule has 0 saturated carbocycles. The van der Waals surface area contributed by atoms with Crippen LogP contribution in [0.5, 0.6) is 0 Å². The molecular formula is C16H17N3O4S. The van der Waals surface area contributed by atoms with Gasteiger partial charge in [0.15, 0.2) is 6.23 Å². The first-order chi connectivity index (χ1) is 11.5. The summed E-state index contributed by atoms with van der Waals surface area (Å²) in [5.74, 6) is 0. The number of aliphatic hydroxyl groups excluding tert-OH is 2. The lowest BCUT2D eigenvalue weighted by atomic mass is 9.96. The number of hydrogen-bond donors (Lipinski definition) is 3. The average Bonchev–Trinajstić information content (AvgIpc) is 3.28. The quantitative estimate of drug-likeness (QED) is 0.657. The van der Waals surface area contributed by atoms with E-state index in [0.717, 1.165) is 16.6 Å². The summed E-state index contributed by atoms with van der Waals surface area (Å²) in [6.45, 7) is 1.12. The maximum Gasteiger partial charge on any atom is 0.167 e.